The molecule has 1 aromatic rings. The Balaban J connectivity index is 1.65. The second-order valence-electron chi connectivity index (χ2n) is 5.20. The molecule has 108 valence electrons. The number of halogens is 1. The molecule has 0 aliphatic carbocycles. The molecule has 2 aliphatic heterocycles. The van der Waals surface area contributed by atoms with Crippen LogP contribution in [0.2, 0.25) is 0 Å². The van der Waals surface area contributed by atoms with E-state index in [4.69, 9.17) is 14.6 Å². The molecule has 0 saturated carbocycles. The molecule has 0 radical (unpaired) electrons. The summed E-state index contributed by atoms with van der Waals surface area (Å²) in [4.78, 5) is 13.2. The number of hydrogen-bond acceptors (Lipinski definition) is 4. The number of rotatable bonds is 3. The third-order valence-corrected chi connectivity index (χ3v) is 4.42. The Labute approximate surface area is 125 Å². The van der Waals surface area contributed by atoms with Gasteiger partial charge in [0, 0.05) is 6.54 Å². The van der Waals surface area contributed by atoms with Gasteiger partial charge in [0.05, 0.1) is 10.4 Å². The number of piperidine rings is 1. The minimum atomic E-state index is -0.671. The average Bonchev–Trinajstić information content (AvgIpc) is 2.88. The average molecular weight is 342 g/mol. The van der Waals surface area contributed by atoms with E-state index in [0.717, 1.165) is 54.0 Å². The molecule has 0 amide bonds. The maximum atomic E-state index is 10.9. The van der Waals surface area contributed by atoms with Crippen LogP contribution in [-0.4, -0.2) is 35.9 Å². The van der Waals surface area contributed by atoms with Crippen molar-refractivity contribution < 1.29 is 19.4 Å². The molecule has 0 aromatic heterocycles. The Bertz CT molecular complexity index is 526. The van der Waals surface area contributed by atoms with Crippen LogP contribution in [-0.2, 0) is 11.3 Å². The Morgan fingerprint density at radius 2 is 2.10 bits per heavy atom. The third kappa shape index (κ3) is 2.76. The number of aliphatic carboxylic acids is 1. The fourth-order valence-electron chi connectivity index (χ4n) is 2.71. The number of likely N-dealkylation sites (tertiary alicyclic amines) is 1. The molecule has 1 saturated heterocycles. The number of ether oxygens (including phenoxy) is 2. The minimum Gasteiger partial charge on any atom is -0.481 e. The van der Waals surface area contributed by atoms with Gasteiger partial charge in [0.2, 0.25) is 6.79 Å². The highest BCUT2D eigenvalue weighted by Crippen LogP contribution is 2.40. The molecule has 1 fully saturated rings. The number of nitrogens with zero attached hydrogens (tertiary/aromatic N) is 1. The summed E-state index contributed by atoms with van der Waals surface area (Å²) in [6.45, 7) is 2.72. The molecule has 0 spiro atoms. The second kappa shape index (κ2) is 5.61. The highest BCUT2D eigenvalue weighted by molar-refractivity contribution is 9.10. The summed E-state index contributed by atoms with van der Waals surface area (Å²) in [5.41, 5.74) is 1.15. The lowest BCUT2D eigenvalue weighted by Gasteiger charge is -2.30. The van der Waals surface area contributed by atoms with E-state index in [2.05, 4.69) is 20.8 Å². The summed E-state index contributed by atoms with van der Waals surface area (Å²) in [6.07, 6.45) is 1.45. The monoisotopic (exact) mass is 341 g/mol. The van der Waals surface area contributed by atoms with Crippen LogP contribution in [0.25, 0.3) is 0 Å². The number of carbonyl (C=O) groups is 1. The molecule has 0 unspecified atom stereocenters. The van der Waals surface area contributed by atoms with Gasteiger partial charge in [-0.25, -0.2) is 0 Å². The maximum absolute atomic E-state index is 10.9. The smallest absolute Gasteiger partial charge is 0.306 e. The van der Waals surface area contributed by atoms with E-state index >= 15 is 0 Å². The van der Waals surface area contributed by atoms with Gasteiger partial charge in [-0.3, -0.25) is 9.69 Å². The van der Waals surface area contributed by atoms with E-state index < -0.39 is 5.97 Å². The zero-order valence-electron chi connectivity index (χ0n) is 11.0. The fourth-order valence-corrected chi connectivity index (χ4v) is 3.31. The maximum Gasteiger partial charge on any atom is 0.306 e. The molecule has 3 rings (SSSR count). The van der Waals surface area contributed by atoms with Gasteiger partial charge in [-0.2, -0.15) is 0 Å². The molecule has 1 aromatic carbocycles. The van der Waals surface area contributed by atoms with E-state index in [1.165, 1.54) is 0 Å². The van der Waals surface area contributed by atoms with Crippen molar-refractivity contribution in [1.29, 1.82) is 0 Å². The second-order valence-corrected chi connectivity index (χ2v) is 6.05. The van der Waals surface area contributed by atoms with Crippen LogP contribution in [0.1, 0.15) is 18.4 Å². The molecule has 2 heterocycles. The van der Waals surface area contributed by atoms with Crippen LogP contribution in [0.4, 0.5) is 0 Å². The van der Waals surface area contributed by atoms with Crippen LogP contribution in [0.5, 0.6) is 11.5 Å². The molecule has 0 bridgehead atoms. The summed E-state index contributed by atoms with van der Waals surface area (Å²) < 4.78 is 11.7. The van der Waals surface area contributed by atoms with Crippen molar-refractivity contribution in [2.45, 2.75) is 19.4 Å². The first-order valence-electron chi connectivity index (χ1n) is 6.66. The molecular weight excluding hydrogens is 326 g/mol. The number of hydrogen-bond donors (Lipinski definition) is 1. The summed E-state index contributed by atoms with van der Waals surface area (Å²) in [7, 11) is 0. The van der Waals surface area contributed by atoms with Gasteiger partial charge in [-0.1, -0.05) is 0 Å². The quantitative estimate of drug-likeness (QED) is 0.915. The van der Waals surface area contributed by atoms with E-state index in [9.17, 15) is 4.79 Å². The highest BCUT2D eigenvalue weighted by atomic mass is 79.9. The molecule has 0 atom stereocenters. The van der Waals surface area contributed by atoms with Crippen LogP contribution in [0.15, 0.2) is 16.6 Å². The lowest BCUT2D eigenvalue weighted by Crippen LogP contribution is -2.35. The first-order chi connectivity index (χ1) is 9.63. The zero-order valence-corrected chi connectivity index (χ0v) is 12.6. The fraction of sp³-hybridized carbons (Fsp3) is 0.500. The van der Waals surface area contributed by atoms with Gasteiger partial charge in [0.25, 0.3) is 0 Å². The van der Waals surface area contributed by atoms with Gasteiger partial charge in [0.15, 0.2) is 11.5 Å². The predicted molar refractivity (Wildman–Crippen MR) is 75.9 cm³/mol. The van der Waals surface area contributed by atoms with Crippen LogP contribution in [0.3, 0.4) is 0 Å². The topological polar surface area (TPSA) is 59.0 Å². The van der Waals surface area contributed by atoms with Gasteiger partial charge < -0.3 is 14.6 Å². The van der Waals surface area contributed by atoms with E-state index in [-0.39, 0.29) is 12.7 Å². The number of carboxylic acid groups (broad SMARTS) is 1. The Hall–Kier alpha value is -1.27. The van der Waals surface area contributed by atoms with Gasteiger partial charge in [0.1, 0.15) is 0 Å². The lowest BCUT2D eigenvalue weighted by atomic mass is 9.97. The van der Waals surface area contributed by atoms with Crippen molar-refractivity contribution in [3.8, 4) is 11.5 Å². The number of fused-ring (bicyclic) bond motifs is 1. The SMILES string of the molecule is O=C(O)C1CCN(Cc2cc(Br)c3c(c2)OCO3)CC1. The number of carboxylic acids is 1. The Kier molecular flexibility index (Phi) is 3.85. The molecule has 1 N–H and O–H groups in total. The van der Waals surface area contributed by atoms with Crippen molar-refractivity contribution in [2.24, 2.45) is 5.92 Å². The molecule has 5 nitrogen and oxygen atoms in total. The molecule has 6 heteroatoms. The zero-order chi connectivity index (χ0) is 14.1. The Morgan fingerprint density at radius 3 is 2.80 bits per heavy atom. The molecule has 20 heavy (non-hydrogen) atoms. The first kappa shape index (κ1) is 13.7. The van der Waals surface area contributed by atoms with Gasteiger partial charge >= 0.3 is 5.97 Å². The minimum absolute atomic E-state index is 0.185. The van der Waals surface area contributed by atoms with Crippen molar-refractivity contribution in [3.05, 3.63) is 22.2 Å². The van der Waals surface area contributed by atoms with E-state index in [0.29, 0.717) is 0 Å². The molecule has 2 aliphatic rings. The summed E-state index contributed by atoms with van der Waals surface area (Å²) in [5, 5.41) is 9.00. The van der Waals surface area contributed by atoms with E-state index in [1.807, 2.05) is 12.1 Å². The largest absolute Gasteiger partial charge is 0.481 e. The predicted octanol–water partition coefficient (Wildman–Crippen LogP) is 2.47. The van der Waals surface area contributed by atoms with E-state index in [1.54, 1.807) is 0 Å². The van der Waals surface area contributed by atoms with Gasteiger partial charge in [-0.05, 0) is 59.6 Å². The highest BCUT2D eigenvalue weighted by Gasteiger charge is 2.25. The van der Waals surface area contributed by atoms with Crippen molar-refractivity contribution in [1.82, 2.24) is 4.90 Å². The normalized spacial score (nSPS) is 19.2. The van der Waals surface area contributed by atoms with Crippen molar-refractivity contribution in [3.63, 3.8) is 0 Å². The summed E-state index contributed by atoms with van der Waals surface area (Å²) in [5.74, 6) is 0.679. The van der Waals surface area contributed by atoms with Crippen molar-refractivity contribution in [2.75, 3.05) is 19.9 Å². The molecular formula is C14H16BrNO4. The lowest BCUT2D eigenvalue weighted by molar-refractivity contribution is -0.143. The Morgan fingerprint density at radius 1 is 1.35 bits per heavy atom. The first-order valence-corrected chi connectivity index (χ1v) is 7.46. The standard InChI is InChI=1S/C14H16BrNO4/c15-11-5-9(6-12-13(11)20-8-19-12)7-16-3-1-10(2-4-16)14(17)18/h5-6,10H,1-4,7-8H2,(H,17,18). The van der Waals surface area contributed by atoms with Crippen molar-refractivity contribution >= 4 is 21.9 Å². The van der Waals surface area contributed by atoms with Crippen LogP contribution in [0, 0.1) is 5.92 Å². The summed E-state index contributed by atoms with van der Waals surface area (Å²) in [6, 6.07) is 4.03. The van der Waals surface area contributed by atoms with Gasteiger partial charge in [-0.15, -0.1) is 0 Å². The number of benzene rings is 1. The summed E-state index contributed by atoms with van der Waals surface area (Å²) >= 11 is 3.49. The van der Waals surface area contributed by atoms with Crippen LogP contribution < -0.4 is 9.47 Å². The van der Waals surface area contributed by atoms with Crippen LogP contribution >= 0.6 is 15.9 Å². The third-order valence-electron chi connectivity index (χ3n) is 3.83.